The van der Waals surface area contributed by atoms with E-state index in [-0.39, 0.29) is 49.9 Å². The largest absolute Gasteiger partial charge is 0.462 e. The molecule has 17 heteroatoms. The van der Waals surface area contributed by atoms with Crippen molar-refractivity contribution in [3.63, 3.8) is 0 Å². The first-order chi connectivity index (χ1) is 27.6. The average molecular weight is 810 g/mol. The Balaban J connectivity index is 2.03. The van der Waals surface area contributed by atoms with E-state index in [0.717, 1.165) is 18.4 Å². The Hall–Kier alpha value is -4.32. The number of ether oxygens (including phenoxy) is 6. The molecule has 17 nitrogen and oxygen atoms in total. The third kappa shape index (κ3) is 27.8. The van der Waals surface area contributed by atoms with Crippen LogP contribution in [0.5, 0.6) is 0 Å². The molecule has 0 unspecified atom stereocenters. The number of carbonyl (C=O) groups is 5. The molecule has 0 radical (unpaired) electrons. The molecule has 0 aromatic heterocycles. The fourth-order valence-electron chi connectivity index (χ4n) is 5.19. The second-order valence-electron chi connectivity index (χ2n) is 13.5. The lowest BCUT2D eigenvalue weighted by Crippen LogP contribution is -2.46. The summed E-state index contributed by atoms with van der Waals surface area (Å²) in [6.07, 6.45) is 6.43. The summed E-state index contributed by atoms with van der Waals surface area (Å²) >= 11 is 0. The second kappa shape index (κ2) is 33.8. The number of benzene rings is 1. The zero-order chi connectivity index (χ0) is 41.9. The molecule has 57 heavy (non-hydrogen) atoms. The van der Waals surface area contributed by atoms with Gasteiger partial charge in [0.1, 0.15) is 25.9 Å². The molecular weight excluding hydrogens is 742 g/mol. The Morgan fingerprint density at radius 3 is 2.11 bits per heavy atom. The number of primary amides is 1. The van der Waals surface area contributed by atoms with Crippen molar-refractivity contribution in [2.75, 3.05) is 79.7 Å². The Morgan fingerprint density at radius 1 is 0.825 bits per heavy atom. The summed E-state index contributed by atoms with van der Waals surface area (Å²) in [6.45, 7) is 10.4. The van der Waals surface area contributed by atoms with Crippen LogP contribution in [0.15, 0.2) is 29.4 Å². The van der Waals surface area contributed by atoms with Crippen LogP contribution in [0.4, 0.5) is 4.79 Å². The molecule has 4 amide bonds. The molecule has 0 saturated carbocycles. The summed E-state index contributed by atoms with van der Waals surface area (Å²) in [6, 6.07) is 6.40. The molecule has 0 aliphatic rings. The quantitative estimate of drug-likeness (QED) is 0.0334. The Kier molecular flexibility index (Phi) is 30.1. The first-order valence-electron chi connectivity index (χ1n) is 20.0. The SMILES string of the molecule is CC[C@@H](CC(C)C)C(=O)N[C@@H](CCCCNC(=O)c1cccc(CO/N=C/CCCOCCOCCOCCOCCCC(=O)OCCOC(=O)NC)c1)C(N)=O. The molecular formula is C40H67N5O12. The summed E-state index contributed by atoms with van der Waals surface area (Å²) in [5.41, 5.74) is 6.86. The number of oxime groups is 1. The van der Waals surface area contributed by atoms with Gasteiger partial charge in [0, 0.05) is 50.9 Å². The maximum atomic E-state index is 12.7. The highest BCUT2D eigenvalue weighted by Gasteiger charge is 2.23. The normalized spacial score (nSPS) is 12.2. The molecule has 2 atom stereocenters. The predicted molar refractivity (Wildman–Crippen MR) is 213 cm³/mol. The van der Waals surface area contributed by atoms with Crippen LogP contribution in [0.1, 0.15) is 94.5 Å². The molecule has 0 heterocycles. The zero-order valence-electron chi connectivity index (χ0n) is 34.4. The first-order valence-corrected chi connectivity index (χ1v) is 20.0. The van der Waals surface area contributed by atoms with Gasteiger partial charge in [0.25, 0.3) is 5.91 Å². The van der Waals surface area contributed by atoms with Crippen molar-refractivity contribution in [2.24, 2.45) is 22.7 Å². The second-order valence-corrected chi connectivity index (χ2v) is 13.5. The molecule has 0 aliphatic carbocycles. The van der Waals surface area contributed by atoms with E-state index in [9.17, 15) is 24.0 Å². The maximum absolute atomic E-state index is 12.7. The summed E-state index contributed by atoms with van der Waals surface area (Å²) in [5.74, 6) is -1.05. The van der Waals surface area contributed by atoms with Gasteiger partial charge in [-0.25, -0.2) is 4.79 Å². The van der Waals surface area contributed by atoms with Crippen LogP contribution in [-0.2, 0) is 54.2 Å². The van der Waals surface area contributed by atoms with Gasteiger partial charge in [-0.15, -0.1) is 0 Å². The Morgan fingerprint density at radius 2 is 1.47 bits per heavy atom. The topological polar surface area (TPSA) is 224 Å². The summed E-state index contributed by atoms with van der Waals surface area (Å²) in [7, 11) is 1.45. The summed E-state index contributed by atoms with van der Waals surface area (Å²) in [5, 5.41) is 12.0. The number of alkyl carbamates (subject to hydrolysis) is 1. The number of hydrogen-bond donors (Lipinski definition) is 4. The van der Waals surface area contributed by atoms with Crippen molar-refractivity contribution >= 4 is 36.0 Å². The van der Waals surface area contributed by atoms with E-state index in [2.05, 4.69) is 35.0 Å². The number of nitrogens with one attached hydrogen (secondary N) is 3. The summed E-state index contributed by atoms with van der Waals surface area (Å²) < 4.78 is 31.6. The lowest BCUT2D eigenvalue weighted by molar-refractivity contribution is -0.145. The van der Waals surface area contributed by atoms with E-state index in [1.807, 2.05) is 13.0 Å². The molecule has 0 fully saturated rings. The Labute approximate surface area is 337 Å². The van der Waals surface area contributed by atoms with Crippen molar-refractivity contribution in [3.8, 4) is 0 Å². The van der Waals surface area contributed by atoms with E-state index in [1.165, 1.54) is 7.05 Å². The highest BCUT2D eigenvalue weighted by molar-refractivity contribution is 5.94. The monoisotopic (exact) mass is 809 g/mol. The van der Waals surface area contributed by atoms with Gasteiger partial charge < -0.3 is 54.9 Å². The van der Waals surface area contributed by atoms with Crippen LogP contribution in [-0.4, -0.2) is 122 Å². The number of carbonyl (C=O) groups excluding carboxylic acids is 5. The third-order valence-corrected chi connectivity index (χ3v) is 8.25. The van der Waals surface area contributed by atoms with E-state index >= 15 is 0 Å². The highest BCUT2D eigenvalue weighted by atomic mass is 16.6. The molecule has 1 aromatic rings. The minimum atomic E-state index is -0.728. The van der Waals surface area contributed by atoms with E-state index < -0.39 is 18.0 Å². The van der Waals surface area contributed by atoms with E-state index in [4.69, 9.17) is 39.0 Å². The fraction of sp³-hybridized carbons (Fsp3) is 0.700. The van der Waals surface area contributed by atoms with Crippen molar-refractivity contribution < 1.29 is 57.2 Å². The van der Waals surface area contributed by atoms with E-state index in [0.29, 0.717) is 109 Å². The molecule has 0 aliphatic heterocycles. The molecule has 0 bridgehead atoms. The predicted octanol–water partition coefficient (Wildman–Crippen LogP) is 3.66. The number of unbranched alkanes of at least 4 members (excludes halogenated alkanes) is 2. The number of nitrogens with zero attached hydrogens (tertiary/aromatic N) is 1. The molecule has 1 aromatic carbocycles. The van der Waals surface area contributed by atoms with Gasteiger partial charge in [-0.05, 0) is 75.0 Å². The van der Waals surface area contributed by atoms with Gasteiger partial charge in [0.15, 0.2) is 0 Å². The van der Waals surface area contributed by atoms with Gasteiger partial charge >= 0.3 is 12.1 Å². The van der Waals surface area contributed by atoms with Gasteiger partial charge in [0.05, 0.1) is 39.6 Å². The number of rotatable bonds is 35. The third-order valence-electron chi connectivity index (χ3n) is 8.25. The average Bonchev–Trinajstić information content (AvgIpc) is 3.19. The molecule has 0 spiro atoms. The van der Waals surface area contributed by atoms with Crippen LogP contribution in [0.3, 0.4) is 0 Å². The number of hydrogen-bond acceptors (Lipinski definition) is 13. The zero-order valence-corrected chi connectivity index (χ0v) is 34.4. The number of amides is 4. The molecule has 0 saturated heterocycles. The van der Waals surface area contributed by atoms with Crippen LogP contribution in [0.2, 0.25) is 0 Å². The van der Waals surface area contributed by atoms with Crippen LogP contribution < -0.4 is 21.7 Å². The molecule has 1 rings (SSSR count). The van der Waals surface area contributed by atoms with Crippen LogP contribution in [0.25, 0.3) is 0 Å². The first kappa shape index (κ1) is 50.7. The van der Waals surface area contributed by atoms with Crippen molar-refractivity contribution in [2.45, 2.75) is 91.2 Å². The van der Waals surface area contributed by atoms with Crippen molar-refractivity contribution in [3.05, 3.63) is 35.4 Å². The summed E-state index contributed by atoms with van der Waals surface area (Å²) in [4.78, 5) is 65.1. The lowest BCUT2D eigenvalue weighted by Gasteiger charge is -2.21. The Bertz CT molecular complexity index is 1300. The van der Waals surface area contributed by atoms with Crippen LogP contribution in [0, 0.1) is 11.8 Å². The lowest BCUT2D eigenvalue weighted by atomic mass is 9.93. The van der Waals surface area contributed by atoms with Gasteiger partial charge in [-0.2, -0.15) is 0 Å². The van der Waals surface area contributed by atoms with Crippen molar-refractivity contribution in [1.29, 1.82) is 0 Å². The van der Waals surface area contributed by atoms with Crippen molar-refractivity contribution in [1.82, 2.24) is 16.0 Å². The number of esters is 1. The number of nitrogens with two attached hydrogens (primary N) is 1. The standard InChI is InChI=1S/C40H67N5O12/c1-5-33(28-31(2)3)39(49)45-35(37(41)47)14-6-7-16-43-38(48)34-13-10-12-32(29-34)30-57-44-17-8-9-18-51-20-22-53-24-25-54-23-21-52-19-11-15-36(46)55-26-27-56-40(50)42-4/h10,12-13,17,29,31,33,35H,5-9,11,14-16,18-28,30H2,1-4H3,(H2,41,47)(H,42,50)(H,43,48)(H,45,49)/b44-17+/t33-,35-/m0/s1. The van der Waals surface area contributed by atoms with Gasteiger partial charge in [0.2, 0.25) is 11.8 Å². The molecule has 5 N–H and O–H groups in total. The van der Waals surface area contributed by atoms with Gasteiger partial charge in [-0.1, -0.05) is 38.1 Å². The highest BCUT2D eigenvalue weighted by Crippen LogP contribution is 2.16. The fourth-order valence-corrected chi connectivity index (χ4v) is 5.19. The molecule has 324 valence electrons. The van der Waals surface area contributed by atoms with E-state index in [1.54, 1.807) is 24.4 Å². The smallest absolute Gasteiger partial charge is 0.406 e. The van der Waals surface area contributed by atoms with Gasteiger partial charge in [-0.3, -0.25) is 19.2 Å². The minimum absolute atomic E-state index is 0.00659. The minimum Gasteiger partial charge on any atom is -0.462 e. The van der Waals surface area contributed by atoms with Crippen LogP contribution >= 0.6 is 0 Å². The maximum Gasteiger partial charge on any atom is 0.406 e.